The zero-order valence-corrected chi connectivity index (χ0v) is 25.9. The molecule has 1 aliphatic carbocycles. The molecule has 46 heavy (non-hydrogen) atoms. The number of hydrogen-bond acceptors (Lipinski definition) is 3. The first kappa shape index (κ1) is 26.7. The van der Waals surface area contributed by atoms with Crippen molar-refractivity contribution in [3.63, 3.8) is 0 Å². The zero-order valence-electron chi connectivity index (χ0n) is 25.9. The summed E-state index contributed by atoms with van der Waals surface area (Å²) in [7, 11) is 0. The minimum Gasteiger partial charge on any atom is -0.310 e. The number of para-hydroxylation sites is 4. The fourth-order valence-corrected chi connectivity index (χ4v) is 7.52. The molecule has 0 bridgehead atoms. The van der Waals surface area contributed by atoms with Crippen molar-refractivity contribution in [2.45, 2.75) is 32.2 Å². The van der Waals surface area contributed by atoms with Crippen LogP contribution in [0, 0.1) is 0 Å². The third-order valence-corrected chi connectivity index (χ3v) is 9.68. The zero-order chi connectivity index (χ0) is 30.8. The van der Waals surface area contributed by atoms with E-state index in [4.69, 9.17) is 9.97 Å². The van der Waals surface area contributed by atoms with Gasteiger partial charge in [0, 0.05) is 39.9 Å². The van der Waals surface area contributed by atoms with Gasteiger partial charge in [-0.3, -0.25) is 4.40 Å². The summed E-state index contributed by atoms with van der Waals surface area (Å²) in [5, 5.41) is 3.59. The van der Waals surface area contributed by atoms with Crippen LogP contribution in [0.5, 0.6) is 0 Å². The maximum absolute atomic E-state index is 5.40. The summed E-state index contributed by atoms with van der Waals surface area (Å²) in [6, 6.07) is 34.6. The highest BCUT2D eigenvalue weighted by Gasteiger charge is 2.37. The van der Waals surface area contributed by atoms with Gasteiger partial charge in [0.05, 0.1) is 34.0 Å². The number of benzene rings is 4. The second kappa shape index (κ2) is 10.5. The second-order valence-electron chi connectivity index (χ2n) is 12.2. The Labute approximate surface area is 267 Å². The second-order valence-corrected chi connectivity index (χ2v) is 12.2. The SMILES string of the molecule is C/C=C(\C=C/C1C(C)c2ccccc2N1c1nc2ccccc2c2nc3c(n12)C=CC=CC3)n1c2ccccc2c2ccccc21. The van der Waals surface area contributed by atoms with Crippen molar-refractivity contribution in [2.75, 3.05) is 4.90 Å². The van der Waals surface area contributed by atoms with Gasteiger partial charge >= 0.3 is 0 Å². The van der Waals surface area contributed by atoms with Crippen LogP contribution in [0.4, 0.5) is 11.6 Å². The Morgan fingerprint density at radius 3 is 2.26 bits per heavy atom. The molecule has 1 aliphatic heterocycles. The van der Waals surface area contributed by atoms with Gasteiger partial charge in [0.15, 0.2) is 0 Å². The van der Waals surface area contributed by atoms with Gasteiger partial charge < -0.3 is 9.47 Å². The minimum absolute atomic E-state index is 0.0308. The lowest BCUT2D eigenvalue weighted by molar-refractivity contribution is 0.683. The maximum Gasteiger partial charge on any atom is 0.217 e. The first-order chi connectivity index (χ1) is 22.7. The van der Waals surface area contributed by atoms with E-state index in [1.807, 2.05) is 0 Å². The fourth-order valence-electron chi connectivity index (χ4n) is 7.52. The highest BCUT2D eigenvalue weighted by molar-refractivity contribution is 6.10. The number of aromatic nitrogens is 4. The summed E-state index contributed by atoms with van der Waals surface area (Å²) < 4.78 is 4.67. The number of anilines is 2. The molecule has 0 saturated heterocycles. The van der Waals surface area contributed by atoms with Gasteiger partial charge in [-0.25, -0.2) is 9.97 Å². The predicted octanol–water partition coefficient (Wildman–Crippen LogP) is 9.86. The van der Waals surface area contributed by atoms with Gasteiger partial charge in [0.2, 0.25) is 5.95 Å². The fraction of sp³-hybridized carbons (Fsp3) is 0.122. The van der Waals surface area contributed by atoms with Crippen LogP contribution in [0.15, 0.2) is 134 Å². The molecule has 4 heterocycles. The summed E-state index contributed by atoms with van der Waals surface area (Å²) >= 11 is 0. The van der Waals surface area contributed by atoms with Gasteiger partial charge in [-0.2, -0.15) is 0 Å². The van der Waals surface area contributed by atoms with E-state index in [9.17, 15) is 0 Å². The molecule has 7 aromatic rings. The van der Waals surface area contributed by atoms with E-state index in [1.165, 1.54) is 33.1 Å². The third-order valence-electron chi connectivity index (χ3n) is 9.68. The Balaban J connectivity index is 1.25. The number of fused-ring (bicyclic) bond motifs is 9. The van der Waals surface area contributed by atoms with Crippen LogP contribution >= 0.6 is 0 Å². The van der Waals surface area contributed by atoms with Crippen molar-refractivity contribution in [2.24, 2.45) is 0 Å². The summed E-state index contributed by atoms with van der Waals surface area (Å²) in [6.45, 7) is 4.46. The van der Waals surface area contributed by atoms with Gasteiger partial charge in [-0.1, -0.05) is 104 Å². The molecule has 3 aromatic heterocycles. The van der Waals surface area contributed by atoms with E-state index < -0.39 is 0 Å². The Morgan fingerprint density at radius 1 is 0.783 bits per heavy atom. The van der Waals surface area contributed by atoms with E-state index in [2.05, 4.69) is 167 Å². The monoisotopic (exact) mass is 595 g/mol. The van der Waals surface area contributed by atoms with Crippen LogP contribution < -0.4 is 4.90 Å². The lowest BCUT2D eigenvalue weighted by atomic mass is 9.96. The summed E-state index contributed by atoms with van der Waals surface area (Å²) in [5.41, 5.74) is 10.1. The third kappa shape index (κ3) is 3.88. The molecule has 0 radical (unpaired) electrons. The van der Waals surface area contributed by atoms with Crippen LogP contribution in [0.2, 0.25) is 0 Å². The number of hydrogen-bond donors (Lipinski definition) is 0. The molecule has 2 aliphatic rings. The topological polar surface area (TPSA) is 38.4 Å². The number of imidazole rings is 1. The van der Waals surface area contributed by atoms with Crippen molar-refractivity contribution in [3.8, 4) is 0 Å². The lowest BCUT2D eigenvalue weighted by Gasteiger charge is -2.28. The largest absolute Gasteiger partial charge is 0.310 e. The standard InChI is InChI=1S/C41H33N5/c1-3-28(44-37-22-13-9-16-30(37)31-17-10-14-23-38(31)44)25-26-35-27(2)29-15-8-12-21-36(29)45(35)41-43-33-19-11-7-18-32(33)40-42-34-20-5-4-6-24-39(34)46(40)41/h3-19,21-27,35H,20H2,1-2H3/b26-25-,28-3+. The van der Waals surface area contributed by atoms with Gasteiger partial charge in [0.25, 0.3) is 0 Å². The quantitative estimate of drug-likeness (QED) is 0.190. The molecule has 0 fully saturated rings. The highest BCUT2D eigenvalue weighted by Crippen LogP contribution is 2.46. The highest BCUT2D eigenvalue weighted by atomic mass is 15.3. The molecule has 9 rings (SSSR count). The molecule has 0 amide bonds. The smallest absolute Gasteiger partial charge is 0.217 e. The first-order valence-electron chi connectivity index (χ1n) is 16.1. The first-order valence-corrected chi connectivity index (χ1v) is 16.1. The van der Waals surface area contributed by atoms with Crippen LogP contribution in [-0.4, -0.2) is 25.0 Å². The molecule has 5 nitrogen and oxygen atoms in total. The Hall–Kier alpha value is -5.68. The summed E-state index contributed by atoms with van der Waals surface area (Å²) in [4.78, 5) is 13.0. The molecule has 0 N–H and O–H groups in total. The summed E-state index contributed by atoms with van der Waals surface area (Å²) in [5.74, 6) is 1.13. The molecule has 222 valence electrons. The lowest BCUT2D eigenvalue weighted by Crippen LogP contribution is -2.30. The molecule has 2 atom stereocenters. The average molecular weight is 596 g/mol. The van der Waals surface area contributed by atoms with Crippen LogP contribution in [0.1, 0.15) is 36.7 Å². The van der Waals surface area contributed by atoms with E-state index in [-0.39, 0.29) is 12.0 Å². The number of allylic oxidation sites excluding steroid dienone is 6. The van der Waals surface area contributed by atoms with Crippen molar-refractivity contribution in [1.29, 1.82) is 0 Å². The van der Waals surface area contributed by atoms with E-state index in [0.29, 0.717) is 0 Å². The van der Waals surface area contributed by atoms with Gasteiger partial charge in [-0.05, 0) is 55.0 Å². The van der Waals surface area contributed by atoms with Crippen molar-refractivity contribution >= 4 is 61.8 Å². The predicted molar refractivity (Wildman–Crippen MR) is 192 cm³/mol. The minimum atomic E-state index is 0.0308. The van der Waals surface area contributed by atoms with Crippen LogP contribution in [-0.2, 0) is 6.42 Å². The molecule has 2 unspecified atom stereocenters. The molecular weight excluding hydrogens is 562 g/mol. The molecule has 5 heteroatoms. The van der Waals surface area contributed by atoms with E-state index in [0.717, 1.165) is 46.0 Å². The van der Waals surface area contributed by atoms with Gasteiger partial charge in [-0.15, -0.1) is 0 Å². The molecule has 4 aromatic carbocycles. The Morgan fingerprint density at radius 2 is 1.48 bits per heavy atom. The number of rotatable bonds is 4. The maximum atomic E-state index is 5.40. The Kier molecular flexibility index (Phi) is 6.07. The van der Waals surface area contributed by atoms with Crippen LogP contribution in [0.25, 0.3) is 50.1 Å². The van der Waals surface area contributed by atoms with Crippen molar-refractivity contribution < 1.29 is 0 Å². The summed E-state index contributed by atoms with van der Waals surface area (Å²) in [6.07, 6.45) is 16.2. The number of nitrogens with zero attached hydrogens (tertiary/aromatic N) is 5. The van der Waals surface area contributed by atoms with E-state index in [1.54, 1.807) is 0 Å². The van der Waals surface area contributed by atoms with Crippen molar-refractivity contribution in [1.82, 2.24) is 18.9 Å². The van der Waals surface area contributed by atoms with Crippen LogP contribution in [0.3, 0.4) is 0 Å². The average Bonchev–Trinajstić information content (AvgIpc) is 3.66. The normalized spacial score (nSPS) is 18.0. The van der Waals surface area contributed by atoms with E-state index >= 15 is 0 Å². The molecular formula is C41H33N5. The Bertz CT molecular complexity index is 2400. The van der Waals surface area contributed by atoms with Gasteiger partial charge in [0.1, 0.15) is 5.65 Å². The molecule has 0 spiro atoms. The van der Waals surface area contributed by atoms with Crippen molar-refractivity contribution in [3.05, 3.63) is 150 Å². The molecule has 0 saturated carbocycles.